The van der Waals surface area contributed by atoms with Gasteiger partial charge in [0.25, 0.3) is 0 Å². The normalized spacial score (nSPS) is 12.5. The molecule has 1 N–H and O–H groups in total. The van der Waals surface area contributed by atoms with Crippen LogP contribution in [0.3, 0.4) is 0 Å². The molecule has 0 saturated carbocycles. The molecule has 0 saturated heterocycles. The molecule has 0 amide bonds. The van der Waals surface area contributed by atoms with Crippen LogP contribution in [0, 0.1) is 0 Å². The number of esters is 1. The van der Waals surface area contributed by atoms with Crippen molar-refractivity contribution >= 4 is 5.97 Å². The van der Waals surface area contributed by atoms with E-state index in [9.17, 15) is 4.79 Å². The first-order chi connectivity index (χ1) is 6.70. The van der Waals surface area contributed by atoms with Gasteiger partial charge in [-0.2, -0.15) is 0 Å². The van der Waals surface area contributed by atoms with Gasteiger partial charge in [0.1, 0.15) is 0 Å². The first-order valence-corrected chi connectivity index (χ1v) is 5.08. The predicted molar refractivity (Wildman–Crippen MR) is 55.2 cm³/mol. The summed E-state index contributed by atoms with van der Waals surface area (Å²) in [6.07, 6.45) is 1.39. The highest BCUT2D eigenvalue weighted by atomic mass is 16.5. The van der Waals surface area contributed by atoms with Crippen molar-refractivity contribution in [3.63, 3.8) is 0 Å². The van der Waals surface area contributed by atoms with Crippen LogP contribution in [-0.4, -0.2) is 38.9 Å². The van der Waals surface area contributed by atoms with Gasteiger partial charge in [-0.1, -0.05) is 0 Å². The van der Waals surface area contributed by atoms with Crippen molar-refractivity contribution in [3.05, 3.63) is 0 Å². The molecule has 0 fully saturated rings. The molecule has 0 aromatic rings. The molecule has 4 nitrogen and oxygen atoms in total. The number of nitrogens with one attached hydrogen (secondary N) is 1. The molecule has 14 heavy (non-hydrogen) atoms. The van der Waals surface area contributed by atoms with Gasteiger partial charge in [0.05, 0.1) is 13.0 Å². The van der Waals surface area contributed by atoms with E-state index < -0.39 is 0 Å². The molecular weight excluding hydrogens is 182 g/mol. The van der Waals surface area contributed by atoms with E-state index >= 15 is 0 Å². The second-order valence-corrected chi connectivity index (χ2v) is 3.19. The Balaban J connectivity index is 3.29. The van der Waals surface area contributed by atoms with Gasteiger partial charge >= 0.3 is 5.97 Å². The Labute approximate surface area is 86.0 Å². The van der Waals surface area contributed by atoms with E-state index in [-0.39, 0.29) is 5.97 Å². The Morgan fingerprint density at radius 3 is 2.79 bits per heavy atom. The average molecular weight is 203 g/mol. The molecule has 0 rings (SSSR count). The van der Waals surface area contributed by atoms with Crippen LogP contribution in [0.1, 0.15) is 26.7 Å². The lowest BCUT2D eigenvalue weighted by Gasteiger charge is -2.12. The third kappa shape index (κ3) is 8.01. The molecule has 84 valence electrons. The smallest absolute Gasteiger partial charge is 0.307 e. The Hall–Kier alpha value is -0.610. The molecule has 0 heterocycles. The van der Waals surface area contributed by atoms with Crippen molar-refractivity contribution in [1.29, 1.82) is 0 Å². The van der Waals surface area contributed by atoms with Crippen LogP contribution in [0.25, 0.3) is 0 Å². The Kier molecular flexibility index (Phi) is 8.57. The lowest BCUT2D eigenvalue weighted by Crippen LogP contribution is -2.29. The first kappa shape index (κ1) is 13.4. The van der Waals surface area contributed by atoms with Crippen molar-refractivity contribution in [2.45, 2.75) is 32.7 Å². The fourth-order valence-electron chi connectivity index (χ4n) is 1.05. The van der Waals surface area contributed by atoms with Crippen LogP contribution in [0.4, 0.5) is 0 Å². The van der Waals surface area contributed by atoms with Crippen molar-refractivity contribution in [3.8, 4) is 0 Å². The third-order valence-electron chi connectivity index (χ3n) is 1.88. The number of methoxy groups -OCH3 is 1. The predicted octanol–water partition coefficient (Wildman–Crippen LogP) is 0.954. The molecule has 0 aromatic carbocycles. The summed E-state index contributed by atoms with van der Waals surface area (Å²) in [7, 11) is 1.69. The summed E-state index contributed by atoms with van der Waals surface area (Å²) >= 11 is 0. The number of rotatable bonds is 8. The van der Waals surface area contributed by atoms with Crippen molar-refractivity contribution in [2.75, 3.05) is 26.9 Å². The zero-order valence-electron chi connectivity index (χ0n) is 9.34. The molecular formula is C10H21NO3. The van der Waals surface area contributed by atoms with Crippen LogP contribution in [0.15, 0.2) is 0 Å². The molecule has 1 atom stereocenters. The quantitative estimate of drug-likeness (QED) is 0.597. The van der Waals surface area contributed by atoms with Gasteiger partial charge in [0.2, 0.25) is 0 Å². The summed E-state index contributed by atoms with van der Waals surface area (Å²) < 4.78 is 9.75. The minimum atomic E-state index is -0.140. The van der Waals surface area contributed by atoms with E-state index in [0.29, 0.717) is 25.6 Å². The minimum absolute atomic E-state index is 0.140. The number of carbonyl (C=O) groups excluding carboxylic acids is 1. The maximum Gasteiger partial charge on any atom is 0.307 e. The fraction of sp³-hybridized carbons (Fsp3) is 0.900. The van der Waals surface area contributed by atoms with Crippen molar-refractivity contribution in [2.24, 2.45) is 0 Å². The van der Waals surface area contributed by atoms with E-state index in [1.54, 1.807) is 7.11 Å². The standard InChI is InChI=1S/C10H21NO3/c1-4-14-10(12)5-7-11-9(2)6-8-13-3/h9,11H,4-8H2,1-3H3. The number of hydrogen-bond donors (Lipinski definition) is 1. The van der Waals surface area contributed by atoms with Crippen LogP contribution < -0.4 is 5.32 Å². The average Bonchev–Trinajstić information content (AvgIpc) is 2.15. The Morgan fingerprint density at radius 2 is 2.21 bits per heavy atom. The lowest BCUT2D eigenvalue weighted by atomic mass is 10.2. The molecule has 0 bridgehead atoms. The molecule has 0 aliphatic heterocycles. The second-order valence-electron chi connectivity index (χ2n) is 3.19. The number of hydrogen-bond acceptors (Lipinski definition) is 4. The molecule has 4 heteroatoms. The van der Waals surface area contributed by atoms with Crippen LogP contribution in [0.2, 0.25) is 0 Å². The van der Waals surface area contributed by atoms with Crippen molar-refractivity contribution < 1.29 is 14.3 Å². The maximum atomic E-state index is 11.0. The highest BCUT2D eigenvalue weighted by molar-refractivity contribution is 5.69. The van der Waals surface area contributed by atoms with E-state index in [2.05, 4.69) is 12.2 Å². The summed E-state index contributed by atoms with van der Waals surface area (Å²) in [4.78, 5) is 11.0. The summed E-state index contributed by atoms with van der Waals surface area (Å²) in [6.45, 7) is 5.76. The summed E-state index contributed by atoms with van der Waals surface area (Å²) in [5.74, 6) is -0.140. The topological polar surface area (TPSA) is 47.6 Å². The molecule has 0 aromatic heterocycles. The summed E-state index contributed by atoms with van der Waals surface area (Å²) in [5, 5.41) is 3.23. The van der Waals surface area contributed by atoms with Gasteiger partial charge in [-0.15, -0.1) is 0 Å². The van der Waals surface area contributed by atoms with Gasteiger partial charge in [-0.05, 0) is 20.3 Å². The maximum absolute atomic E-state index is 11.0. The van der Waals surface area contributed by atoms with E-state index in [4.69, 9.17) is 9.47 Å². The fourth-order valence-corrected chi connectivity index (χ4v) is 1.05. The van der Waals surface area contributed by atoms with Gasteiger partial charge in [-0.3, -0.25) is 4.79 Å². The van der Waals surface area contributed by atoms with E-state index in [1.807, 2.05) is 6.92 Å². The highest BCUT2D eigenvalue weighted by Gasteiger charge is 2.03. The van der Waals surface area contributed by atoms with E-state index in [1.165, 1.54) is 0 Å². The van der Waals surface area contributed by atoms with Crippen LogP contribution in [-0.2, 0) is 14.3 Å². The Bertz CT molecular complexity index is 150. The molecule has 0 aliphatic carbocycles. The zero-order valence-corrected chi connectivity index (χ0v) is 9.34. The number of ether oxygens (including phenoxy) is 2. The summed E-state index contributed by atoms with van der Waals surface area (Å²) in [6, 6.07) is 0.379. The van der Waals surface area contributed by atoms with Crippen LogP contribution >= 0.6 is 0 Å². The zero-order chi connectivity index (χ0) is 10.8. The lowest BCUT2D eigenvalue weighted by molar-refractivity contribution is -0.142. The van der Waals surface area contributed by atoms with E-state index in [0.717, 1.165) is 13.0 Å². The molecule has 1 unspecified atom stereocenters. The Morgan fingerprint density at radius 1 is 1.50 bits per heavy atom. The largest absolute Gasteiger partial charge is 0.466 e. The molecule has 0 spiro atoms. The second kappa shape index (κ2) is 8.97. The van der Waals surface area contributed by atoms with Gasteiger partial charge in [0.15, 0.2) is 0 Å². The van der Waals surface area contributed by atoms with Crippen LogP contribution in [0.5, 0.6) is 0 Å². The molecule has 0 aliphatic rings. The molecule has 0 radical (unpaired) electrons. The van der Waals surface area contributed by atoms with Gasteiger partial charge in [-0.25, -0.2) is 0 Å². The van der Waals surface area contributed by atoms with Gasteiger partial charge < -0.3 is 14.8 Å². The first-order valence-electron chi connectivity index (χ1n) is 5.08. The van der Waals surface area contributed by atoms with Crippen molar-refractivity contribution in [1.82, 2.24) is 5.32 Å². The monoisotopic (exact) mass is 203 g/mol. The SMILES string of the molecule is CCOC(=O)CCNC(C)CCOC. The number of carbonyl (C=O) groups is 1. The highest BCUT2D eigenvalue weighted by Crippen LogP contribution is 1.91. The minimum Gasteiger partial charge on any atom is -0.466 e. The third-order valence-corrected chi connectivity index (χ3v) is 1.88. The van der Waals surface area contributed by atoms with Gasteiger partial charge in [0, 0.05) is 26.3 Å². The summed E-state index contributed by atoms with van der Waals surface area (Å²) in [5.41, 5.74) is 0.